The molecule has 2 aliphatic rings. The average molecular weight is 344 g/mol. The SMILES string of the molecule is Cc1nc(C)n(C[C@@H]2CC[C@]3(COCCN(S(C)(=O)=O)C3)O2)n1. The van der Waals surface area contributed by atoms with Gasteiger partial charge in [-0.1, -0.05) is 0 Å². The van der Waals surface area contributed by atoms with Crippen LogP contribution in [0.5, 0.6) is 0 Å². The van der Waals surface area contributed by atoms with Crippen LogP contribution in [0, 0.1) is 13.8 Å². The molecule has 2 fully saturated rings. The molecule has 8 nitrogen and oxygen atoms in total. The molecular formula is C14H24N4O4S. The Labute approximate surface area is 136 Å². The first-order chi connectivity index (χ1) is 10.8. The van der Waals surface area contributed by atoms with Gasteiger partial charge in [0.2, 0.25) is 10.0 Å². The molecule has 0 bridgehead atoms. The second-order valence-corrected chi connectivity index (χ2v) is 8.48. The molecule has 0 amide bonds. The van der Waals surface area contributed by atoms with Crippen LogP contribution >= 0.6 is 0 Å². The van der Waals surface area contributed by atoms with Crippen molar-refractivity contribution >= 4 is 10.0 Å². The van der Waals surface area contributed by atoms with Gasteiger partial charge in [0.15, 0.2) is 0 Å². The molecule has 2 aliphatic heterocycles. The average Bonchev–Trinajstić information content (AvgIpc) is 2.88. The maximum absolute atomic E-state index is 11.9. The largest absolute Gasteiger partial charge is 0.377 e. The molecule has 0 aromatic carbocycles. The van der Waals surface area contributed by atoms with Gasteiger partial charge in [-0.2, -0.15) is 9.40 Å². The van der Waals surface area contributed by atoms with Gasteiger partial charge >= 0.3 is 0 Å². The summed E-state index contributed by atoms with van der Waals surface area (Å²) >= 11 is 0. The highest BCUT2D eigenvalue weighted by atomic mass is 32.2. The predicted molar refractivity (Wildman–Crippen MR) is 83.6 cm³/mol. The summed E-state index contributed by atoms with van der Waals surface area (Å²) in [4.78, 5) is 4.30. The van der Waals surface area contributed by atoms with Gasteiger partial charge in [-0.15, -0.1) is 0 Å². The molecule has 3 rings (SSSR count). The fourth-order valence-electron chi connectivity index (χ4n) is 3.33. The van der Waals surface area contributed by atoms with Crippen molar-refractivity contribution in [1.29, 1.82) is 0 Å². The number of nitrogens with zero attached hydrogens (tertiary/aromatic N) is 4. The molecule has 2 atom stereocenters. The lowest BCUT2D eigenvalue weighted by atomic mass is 10.0. The zero-order chi connectivity index (χ0) is 16.7. The molecule has 0 saturated carbocycles. The number of ether oxygens (including phenoxy) is 2. The second-order valence-electron chi connectivity index (χ2n) is 6.50. The van der Waals surface area contributed by atoms with E-state index in [0.717, 1.165) is 24.5 Å². The molecule has 130 valence electrons. The highest BCUT2D eigenvalue weighted by Gasteiger charge is 2.44. The van der Waals surface area contributed by atoms with E-state index in [-0.39, 0.29) is 6.10 Å². The smallest absolute Gasteiger partial charge is 0.211 e. The van der Waals surface area contributed by atoms with E-state index >= 15 is 0 Å². The highest BCUT2D eigenvalue weighted by molar-refractivity contribution is 7.88. The third-order valence-corrected chi connectivity index (χ3v) is 5.71. The number of aromatic nitrogens is 3. The third-order valence-electron chi connectivity index (χ3n) is 4.46. The Hall–Kier alpha value is -1.03. The molecule has 3 heterocycles. The molecule has 2 saturated heterocycles. The second kappa shape index (κ2) is 6.12. The monoisotopic (exact) mass is 344 g/mol. The molecule has 0 N–H and O–H groups in total. The van der Waals surface area contributed by atoms with Crippen LogP contribution in [0.3, 0.4) is 0 Å². The molecule has 1 spiro atoms. The first-order valence-corrected chi connectivity index (χ1v) is 9.71. The van der Waals surface area contributed by atoms with E-state index < -0.39 is 15.6 Å². The first-order valence-electron chi connectivity index (χ1n) is 7.86. The van der Waals surface area contributed by atoms with E-state index in [0.29, 0.717) is 32.8 Å². The van der Waals surface area contributed by atoms with Gasteiger partial charge < -0.3 is 9.47 Å². The number of hydrogen-bond donors (Lipinski definition) is 0. The molecule has 0 unspecified atom stereocenters. The lowest BCUT2D eigenvalue weighted by Crippen LogP contribution is -2.46. The molecule has 1 aromatic heterocycles. The molecule has 1 aromatic rings. The van der Waals surface area contributed by atoms with Crippen molar-refractivity contribution < 1.29 is 17.9 Å². The zero-order valence-corrected chi connectivity index (χ0v) is 14.7. The predicted octanol–water partition coefficient (Wildman–Crippen LogP) is 0.105. The molecule has 23 heavy (non-hydrogen) atoms. The van der Waals surface area contributed by atoms with Crippen LogP contribution in [-0.2, 0) is 26.0 Å². The number of aryl methyl sites for hydroxylation is 2. The van der Waals surface area contributed by atoms with Crippen molar-refractivity contribution in [3.8, 4) is 0 Å². The Bertz CT molecular complexity index is 674. The van der Waals surface area contributed by atoms with Gasteiger partial charge in [0, 0.05) is 13.1 Å². The van der Waals surface area contributed by atoms with Crippen LogP contribution in [-0.4, -0.2) is 71.8 Å². The van der Waals surface area contributed by atoms with E-state index in [9.17, 15) is 8.42 Å². The van der Waals surface area contributed by atoms with Gasteiger partial charge in [0.05, 0.1) is 32.1 Å². The molecule has 9 heteroatoms. The van der Waals surface area contributed by atoms with E-state index in [1.54, 1.807) is 0 Å². The summed E-state index contributed by atoms with van der Waals surface area (Å²) in [5, 5.41) is 4.37. The van der Waals surface area contributed by atoms with Gasteiger partial charge in [0.1, 0.15) is 17.2 Å². The first kappa shape index (κ1) is 16.8. The Morgan fingerprint density at radius 2 is 2.17 bits per heavy atom. The van der Waals surface area contributed by atoms with Gasteiger partial charge in [0.25, 0.3) is 0 Å². The van der Waals surface area contributed by atoms with Crippen molar-refractivity contribution in [3.05, 3.63) is 11.6 Å². The van der Waals surface area contributed by atoms with E-state index in [1.807, 2.05) is 18.5 Å². The van der Waals surface area contributed by atoms with Gasteiger partial charge in [-0.25, -0.2) is 18.1 Å². The summed E-state index contributed by atoms with van der Waals surface area (Å²) in [6, 6.07) is 0. The lowest BCUT2D eigenvalue weighted by Gasteiger charge is -2.30. The summed E-state index contributed by atoms with van der Waals surface area (Å²) in [5.74, 6) is 1.61. The number of rotatable bonds is 3. The number of sulfonamides is 1. The summed E-state index contributed by atoms with van der Waals surface area (Å²) in [6.45, 7) is 6.00. The maximum Gasteiger partial charge on any atom is 0.211 e. The van der Waals surface area contributed by atoms with Crippen molar-refractivity contribution in [2.24, 2.45) is 0 Å². The standard InChI is InChI=1S/C14H24N4O4S/c1-11-15-12(2)18(16-11)8-13-4-5-14(22-13)9-17(23(3,19)20)6-7-21-10-14/h13H,4-10H2,1-3H3/t13-,14-/m0/s1. The quantitative estimate of drug-likeness (QED) is 0.773. The summed E-state index contributed by atoms with van der Waals surface area (Å²) in [7, 11) is -3.25. The summed E-state index contributed by atoms with van der Waals surface area (Å²) in [5.41, 5.74) is -0.548. The third kappa shape index (κ3) is 3.73. The van der Waals surface area contributed by atoms with Crippen molar-refractivity contribution in [1.82, 2.24) is 19.1 Å². The van der Waals surface area contributed by atoms with Crippen molar-refractivity contribution in [2.45, 2.75) is 44.9 Å². The fourth-order valence-corrected chi connectivity index (χ4v) is 4.20. The normalized spacial score (nSPS) is 30.0. The van der Waals surface area contributed by atoms with Crippen molar-refractivity contribution in [3.63, 3.8) is 0 Å². The van der Waals surface area contributed by atoms with E-state index in [1.165, 1.54) is 10.6 Å². The summed E-state index contributed by atoms with van der Waals surface area (Å²) in [6.07, 6.45) is 2.88. The topological polar surface area (TPSA) is 86.6 Å². The highest BCUT2D eigenvalue weighted by Crippen LogP contribution is 2.34. The summed E-state index contributed by atoms with van der Waals surface area (Å²) < 4.78 is 39.0. The minimum Gasteiger partial charge on any atom is -0.377 e. The molecular weight excluding hydrogens is 320 g/mol. The van der Waals surface area contributed by atoms with Gasteiger partial charge in [-0.05, 0) is 26.7 Å². The Balaban J connectivity index is 1.70. The van der Waals surface area contributed by atoms with Gasteiger partial charge in [-0.3, -0.25) is 0 Å². The van der Waals surface area contributed by atoms with E-state index in [2.05, 4.69) is 10.1 Å². The lowest BCUT2D eigenvalue weighted by molar-refractivity contribution is -0.0861. The molecule has 0 radical (unpaired) electrons. The van der Waals surface area contributed by atoms with Crippen molar-refractivity contribution in [2.75, 3.05) is 32.6 Å². The Kier molecular flexibility index (Phi) is 4.47. The fraction of sp³-hybridized carbons (Fsp3) is 0.857. The minimum atomic E-state index is -3.25. The maximum atomic E-state index is 11.9. The zero-order valence-electron chi connectivity index (χ0n) is 13.9. The van der Waals surface area contributed by atoms with Crippen LogP contribution < -0.4 is 0 Å². The minimum absolute atomic E-state index is 0.00193. The Morgan fingerprint density at radius 3 is 2.83 bits per heavy atom. The van der Waals surface area contributed by atoms with E-state index in [4.69, 9.17) is 9.47 Å². The Morgan fingerprint density at radius 1 is 1.39 bits per heavy atom. The van der Waals surface area contributed by atoms with Crippen LogP contribution in [0.1, 0.15) is 24.5 Å². The molecule has 0 aliphatic carbocycles. The van der Waals surface area contributed by atoms with Crippen LogP contribution in [0.2, 0.25) is 0 Å². The number of hydrogen-bond acceptors (Lipinski definition) is 6. The van der Waals surface area contributed by atoms with Crippen LogP contribution in [0.15, 0.2) is 0 Å². The van der Waals surface area contributed by atoms with Crippen LogP contribution in [0.4, 0.5) is 0 Å². The van der Waals surface area contributed by atoms with Crippen LogP contribution in [0.25, 0.3) is 0 Å².